The molecule has 0 atom stereocenters. The highest BCUT2D eigenvalue weighted by Crippen LogP contribution is 2.30. The van der Waals surface area contributed by atoms with Crippen LogP contribution in [0.2, 0.25) is 0 Å². The van der Waals surface area contributed by atoms with Gasteiger partial charge in [-0.1, -0.05) is 18.2 Å². The van der Waals surface area contributed by atoms with Gasteiger partial charge in [-0.15, -0.1) is 6.58 Å². The summed E-state index contributed by atoms with van der Waals surface area (Å²) in [5.41, 5.74) is 0.587. The lowest BCUT2D eigenvalue weighted by molar-refractivity contribution is -0.385. The summed E-state index contributed by atoms with van der Waals surface area (Å²) in [4.78, 5) is 10.7. The fraction of sp³-hybridized carbons (Fsp3) is 0.118. The second-order valence-electron chi connectivity index (χ2n) is 4.82. The van der Waals surface area contributed by atoms with E-state index in [1.165, 1.54) is 19.2 Å². The summed E-state index contributed by atoms with van der Waals surface area (Å²) >= 11 is 0. The lowest BCUT2D eigenvalue weighted by Crippen LogP contribution is -2.07. The molecule has 6 heteroatoms. The van der Waals surface area contributed by atoms with Crippen molar-refractivity contribution in [1.29, 1.82) is 5.41 Å². The van der Waals surface area contributed by atoms with Crippen molar-refractivity contribution in [3.63, 3.8) is 0 Å². The predicted molar refractivity (Wildman–Crippen MR) is 87.6 cm³/mol. The minimum atomic E-state index is -0.572. The van der Waals surface area contributed by atoms with Crippen LogP contribution in [0.1, 0.15) is 16.7 Å². The summed E-state index contributed by atoms with van der Waals surface area (Å²) in [7, 11) is 1.41. The van der Waals surface area contributed by atoms with Crippen molar-refractivity contribution in [2.24, 2.45) is 0 Å². The van der Waals surface area contributed by atoms with Gasteiger partial charge in [-0.2, -0.15) is 0 Å². The van der Waals surface area contributed by atoms with E-state index in [2.05, 4.69) is 6.58 Å². The molecule has 2 aromatic rings. The van der Waals surface area contributed by atoms with Gasteiger partial charge in [0.25, 0.3) is 5.69 Å². The smallest absolute Gasteiger partial charge is 0.282 e. The summed E-state index contributed by atoms with van der Waals surface area (Å²) in [5, 5.41) is 29.8. The van der Waals surface area contributed by atoms with Crippen molar-refractivity contribution in [3.8, 4) is 11.5 Å². The van der Waals surface area contributed by atoms with Crippen molar-refractivity contribution in [2.75, 3.05) is 7.11 Å². The summed E-state index contributed by atoms with van der Waals surface area (Å²) in [5.74, 6) is 0.264. The molecule has 6 nitrogen and oxygen atoms in total. The first-order valence-electron chi connectivity index (χ1n) is 6.83. The molecule has 0 spiro atoms. The molecule has 23 heavy (non-hydrogen) atoms. The molecule has 0 aliphatic heterocycles. The number of benzene rings is 2. The van der Waals surface area contributed by atoms with Crippen LogP contribution in [0, 0.1) is 15.5 Å². The first-order valence-corrected chi connectivity index (χ1v) is 6.83. The maximum Gasteiger partial charge on any atom is 0.282 e. The number of nitrogens with zero attached hydrogens (tertiary/aromatic N) is 1. The molecule has 118 valence electrons. The van der Waals surface area contributed by atoms with Crippen LogP contribution in [0.5, 0.6) is 11.5 Å². The Bertz CT molecular complexity index is 784. The van der Waals surface area contributed by atoms with Crippen LogP contribution >= 0.6 is 0 Å². The number of para-hydroxylation sites is 1. The minimum absolute atomic E-state index is 0.0671. The van der Waals surface area contributed by atoms with E-state index < -0.39 is 4.92 Å². The molecule has 0 aliphatic carbocycles. The van der Waals surface area contributed by atoms with E-state index in [1.807, 2.05) is 0 Å². The number of phenols is 1. The van der Waals surface area contributed by atoms with E-state index in [1.54, 1.807) is 30.3 Å². The Morgan fingerprint density at radius 1 is 1.39 bits per heavy atom. The topological polar surface area (TPSA) is 96.5 Å². The molecule has 0 saturated carbocycles. The van der Waals surface area contributed by atoms with Crippen LogP contribution < -0.4 is 4.74 Å². The number of allylic oxidation sites excluding steroid dienone is 1. The van der Waals surface area contributed by atoms with Crippen LogP contribution in [0.3, 0.4) is 0 Å². The highest BCUT2D eigenvalue weighted by atomic mass is 16.6. The fourth-order valence-electron chi connectivity index (χ4n) is 2.26. The number of phenolic OH excluding ortho intramolecular Hbond substituents is 1. The average Bonchev–Trinajstić information content (AvgIpc) is 2.55. The summed E-state index contributed by atoms with van der Waals surface area (Å²) in [6.45, 7) is 3.62. The zero-order valence-corrected chi connectivity index (χ0v) is 12.6. The quantitative estimate of drug-likeness (QED) is 0.369. The average molecular weight is 312 g/mol. The normalized spacial score (nSPS) is 10.1. The standard InChI is InChI=1S/C17H16N2O4/c1-3-5-11-6-4-7-14(17(11)20)16(18)13-9-8-12(23-2)10-15(13)19(21)22/h3-4,6-10,18,20H,1,5H2,2H3. The van der Waals surface area contributed by atoms with E-state index in [0.717, 1.165) is 0 Å². The van der Waals surface area contributed by atoms with E-state index in [-0.39, 0.29) is 28.3 Å². The SMILES string of the molecule is C=CCc1cccc(C(=N)c2ccc(OC)cc2[N+](=O)[O-])c1O. The third-order valence-electron chi connectivity index (χ3n) is 3.42. The molecule has 2 N–H and O–H groups in total. The fourth-order valence-corrected chi connectivity index (χ4v) is 2.26. The molecular weight excluding hydrogens is 296 g/mol. The highest BCUT2D eigenvalue weighted by molar-refractivity contribution is 6.15. The molecule has 0 amide bonds. The second kappa shape index (κ2) is 6.74. The van der Waals surface area contributed by atoms with Crippen molar-refractivity contribution in [1.82, 2.24) is 0 Å². The lowest BCUT2D eigenvalue weighted by atomic mass is 9.97. The summed E-state index contributed by atoms with van der Waals surface area (Å²) in [6, 6.07) is 9.21. The summed E-state index contributed by atoms with van der Waals surface area (Å²) in [6.07, 6.45) is 2.08. The van der Waals surface area contributed by atoms with E-state index in [9.17, 15) is 15.2 Å². The molecule has 0 saturated heterocycles. The lowest BCUT2D eigenvalue weighted by Gasteiger charge is -2.11. The zero-order chi connectivity index (χ0) is 17.0. The van der Waals surface area contributed by atoms with Gasteiger partial charge in [0.1, 0.15) is 11.5 Å². The Kier molecular flexibility index (Phi) is 4.75. The predicted octanol–water partition coefficient (Wildman–Crippen LogP) is 3.45. The molecule has 0 unspecified atom stereocenters. The maximum atomic E-state index is 11.3. The van der Waals surface area contributed by atoms with Gasteiger partial charge in [-0.05, 0) is 30.2 Å². The number of ether oxygens (including phenoxy) is 1. The number of hydrogen-bond donors (Lipinski definition) is 2. The van der Waals surface area contributed by atoms with Gasteiger partial charge in [0, 0.05) is 5.56 Å². The van der Waals surface area contributed by atoms with Crippen LogP contribution in [0.25, 0.3) is 0 Å². The monoisotopic (exact) mass is 312 g/mol. The van der Waals surface area contributed by atoms with Gasteiger partial charge in [0.05, 0.1) is 29.4 Å². The molecule has 0 aliphatic rings. The van der Waals surface area contributed by atoms with Crippen molar-refractivity contribution >= 4 is 11.4 Å². The molecule has 0 bridgehead atoms. The molecule has 0 radical (unpaired) electrons. The number of methoxy groups -OCH3 is 1. The third-order valence-corrected chi connectivity index (χ3v) is 3.42. The minimum Gasteiger partial charge on any atom is -0.507 e. The largest absolute Gasteiger partial charge is 0.507 e. The van der Waals surface area contributed by atoms with Crippen LogP contribution in [-0.2, 0) is 6.42 Å². The van der Waals surface area contributed by atoms with Gasteiger partial charge in [0.15, 0.2) is 0 Å². The van der Waals surface area contributed by atoms with Crippen LogP contribution in [0.4, 0.5) is 5.69 Å². The molecular formula is C17H16N2O4. The van der Waals surface area contributed by atoms with Crippen molar-refractivity contribution in [3.05, 3.63) is 75.9 Å². The third kappa shape index (κ3) is 3.21. The van der Waals surface area contributed by atoms with Crippen LogP contribution in [-0.4, -0.2) is 22.9 Å². The Morgan fingerprint density at radius 3 is 2.74 bits per heavy atom. The number of nitro groups is 1. The zero-order valence-electron chi connectivity index (χ0n) is 12.6. The Balaban J connectivity index is 2.55. The van der Waals surface area contributed by atoms with E-state index >= 15 is 0 Å². The van der Waals surface area contributed by atoms with Gasteiger partial charge in [-0.25, -0.2) is 0 Å². The number of aromatic hydroxyl groups is 1. The van der Waals surface area contributed by atoms with Gasteiger partial charge < -0.3 is 9.84 Å². The Morgan fingerprint density at radius 2 is 2.13 bits per heavy atom. The van der Waals surface area contributed by atoms with Crippen LogP contribution in [0.15, 0.2) is 49.1 Å². The number of nitro benzene ring substituents is 1. The highest BCUT2D eigenvalue weighted by Gasteiger charge is 2.22. The van der Waals surface area contributed by atoms with Crippen molar-refractivity contribution < 1.29 is 14.8 Å². The van der Waals surface area contributed by atoms with Crippen molar-refractivity contribution in [2.45, 2.75) is 6.42 Å². The first kappa shape index (κ1) is 16.2. The molecule has 2 rings (SSSR count). The first-order chi connectivity index (χ1) is 11.0. The molecule has 2 aromatic carbocycles. The van der Waals surface area contributed by atoms with Gasteiger partial charge in [0.2, 0.25) is 0 Å². The Hall–Kier alpha value is -3.15. The maximum absolute atomic E-state index is 11.3. The number of nitrogens with one attached hydrogen (secondary N) is 1. The molecule has 0 aromatic heterocycles. The number of hydrogen-bond acceptors (Lipinski definition) is 5. The Labute approximate surface area is 133 Å². The summed E-state index contributed by atoms with van der Waals surface area (Å²) < 4.78 is 4.98. The van der Waals surface area contributed by atoms with Gasteiger partial charge in [-0.3, -0.25) is 15.5 Å². The molecule has 0 fully saturated rings. The second-order valence-corrected chi connectivity index (χ2v) is 4.82. The number of rotatable bonds is 6. The molecule has 0 heterocycles. The van der Waals surface area contributed by atoms with Gasteiger partial charge >= 0.3 is 0 Å². The van der Waals surface area contributed by atoms with E-state index in [0.29, 0.717) is 17.7 Å². The van der Waals surface area contributed by atoms with E-state index in [4.69, 9.17) is 10.1 Å².